The van der Waals surface area contributed by atoms with Crippen LogP contribution in [0.1, 0.15) is 18.4 Å². The van der Waals surface area contributed by atoms with Crippen LogP contribution in [0, 0.1) is 18.2 Å². The quantitative estimate of drug-likeness (QED) is 0.0405. The number of rotatable bonds is 19. The number of hydrogen-bond donors (Lipinski definition) is 3. The topological polar surface area (TPSA) is 163 Å². The third-order valence-corrected chi connectivity index (χ3v) is 9.74. The SMILES string of the molecule is C#Cc1cccc(Nc2ncnc3cc(OCCOC)c(OCCOC)cc23)c1.CN(C)C/C=C/C(=O)Nc1cc2c(Nc3ccc(F)c(Cl)c3)ncnc2cc1OC[C@@H]1CCCO1. The third-order valence-electron chi connectivity index (χ3n) is 9.45. The summed E-state index contributed by atoms with van der Waals surface area (Å²) in [4.78, 5) is 32.0. The van der Waals surface area contributed by atoms with Crippen LogP contribution >= 0.6 is 11.6 Å². The fraction of sp³-hybridized carbons (Fsp3) is 0.298. The van der Waals surface area contributed by atoms with Gasteiger partial charge in [0.25, 0.3) is 0 Å². The average Bonchev–Trinajstić information content (AvgIpc) is 3.82. The summed E-state index contributed by atoms with van der Waals surface area (Å²) in [7, 11) is 7.09. The molecule has 0 unspecified atom stereocenters. The highest BCUT2D eigenvalue weighted by molar-refractivity contribution is 6.31. The van der Waals surface area contributed by atoms with Gasteiger partial charge < -0.3 is 49.3 Å². The van der Waals surface area contributed by atoms with E-state index in [-0.39, 0.29) is 17.0 Å². The highest BCUT2D eigenvalue weighted by Crippen LogP contribution is 2.36. The number of hydrogen-bond acceptors (Lipinski definition) is 14. The molecule has 17 heteroatoms. The van der Waals surface area contributed by atoms with Crippen molar-refractivity contribution in [3.8, 4) is 29.6 Å². The molecule has 1 amide bonds. The Bertz CT molecular complexity index is 2590. The number of halogens is 2. The van der Waals surface area contributed by atoms with Crippen molar-refractivity contribution in [1.29, 1.82) is 0 Å². The lowest BCUT2D eigenvalue weighted by Gasteiger charge is -2.17. The number of nitrogens with zero attached hydrogens (tertiary/aromatic N) is 5. The second kappa shape index (κ2) is 23.7. The van der Waals surface area contributed by atoms with Gasteiger partial charge in [-0.3, -0.25) is 4.79 Å². The second-order valence-electron chi connectivity index (χ2n) is 14.5. The van der Waals surface area contributed by atoms with Gasteiger partial charge >= 0.3 is 0 Å². The minimum atomic E-state index is -0.509. The average molecular weight is 893 g/mol. The van der Waals surface area contributed by atoms with Gasteiger partial charge in [0.2, 0.25) is 5.91 Å². The van der Waals surface area contributed by atoms with E-state index >= 15 is 0 Å². The van der Waals surface area contributed by atoms with Crippen LogP contribution in [-0.2, 0) is 19.0 Å². The standard InChI is InChI=1S/C25H27ClFN5O3.C22H23N3O4/c1-32(2)9-3-6-24(33)31-22-12-18-21(13-23(22)35-14-17-5-4-10-34-17)28-15-29-25(18)30-16-7-8-20(27)19(26)11-16;1-4-16-6-5-7-17(12-16)25-22-18-13-20(28-10-8-26-2)21(29-11-9-27-3)14-19(18)23-15-24-22/h3,6-8,11-13,15,17H,4-5,9-10,14H2,1-2H3,(H,31,33)(H,28,29,30);1,5-7,12-15H,8-11H2,2-3H3,(H,23,24,25)/b6-3+;/t17-;/m0./s1. The van der Waals surface area contributed by atoms with Crippen LogP contribution in [0.2, 0.25) is 5.02 Å². The number of methoxy groups -OCH3 is 2. The van der Waals surface area contributed by atoms with Crippen LogP contribution in [0.15, 0.2) is 91.5 Å². The lowest BCUT2D eigenvalue weighted by Crippen LogP contribution is -2.18. The minimum absolute atomic E-state index is 0.00403. The number of nitrogens with one attached hydrogen (secondary N) is 3. The second-order valence-corrected chi connectivity index (χ2v) is 14.9. The van der Waals surface area contributed by atoms with E-state index in [2.05, 4.69) is 41.8 Å². The normalized spacial score (nSPS) is 13.4. The Hall–Kier alpha value is -6.61. The summed E-state index contributed by atoms with van der Waals surface area (Å²) in [5.74, 6) is 4.60. The molecule has 15 nitrogen and oxygen atoms in total. The largest absolute Gasteiger partial charge is 0.489 e. The first-order valence-corrected chi connectivity index (χ1v) is 20.7. The molecule has 1 aliphatic heterocycles. The van der Waals surface area contributed by atoms with Gasteiger partial charge in [0.05, 0.1) is 41.1 Å². The predicted molar refractivity (Wildman–Crippen MR) is 247 cm³/mol. The highest BCUT2D eigenvalue weighted by atomic mass is 35.5. The molecule has 4 aromatic carbocycles. The van der Waals surface area contributed by atoms with E-state index in [4.69, 9.17) is 46.4 Å². The number of benzene rings is 4. The van der Waals surface area contributed by atoms with Crippen molar-refractivity contribution < 1.29 is 37.6 Å². The van der Waals surface area contributed by atoms with E-state index in [9.17, 15) is 9.18 Å². The number of amides is 1. The van der Waals surface area contributed by atoms with Crippen LogP contribution < -0.4 is 30.2 Å². The zero-order chi connectivity index (χ0) is 45.3. The van der Waals surface area contributed by atoms with Crippen LogP contribution in [0.25, 0.3) is 21.8 Å². The first-order valence-electron chi connectivity index (χ1n) is 20.4. The van der Waals surface area contributed by atoms with Gasteiger partial charge in [0, 0.05) is 73.3 Å². The Morgan fingerprint density at radius 2 is 1.52 bits per heavy atom. The van der Waals surface area contributed by atoms with E-state index in [1.165, 1.54) is 30.9 Å². The molecule has 1 atom stereocenters. The smallest absolute Gasteiger partial charge is 0.248 e. The fourth-order valence-electron chi connectivity index (χ4n) is 6.30. The number of ether oxygens (including phenoxy) is 6. The first-order chi connectivity index (χ1) is 31.1. The molecule has 6 aromatic rings. The maximum atomic E-state index is 13.6. The Balaban J connectivity index is 0.000000216. The molecule has 64 heavy (non-hydrogen) atoms. The number of anilines is 5. The van der Waals surface area contributed by atoms with Crippen molar-refractivity contribution in [3.05, 3.63) is 108 Å². The predicted octanol–water partition coefficient (Wildman–Crippen LogP) is 8.19. The van der Waals surface area contributed by atoms with Gasteiger partial charge in [0.1, 0.15) is 55.7 Å². The molecule has 3 N–H and O–H groups in total. The van der Waals surface area contributed by atoms with Crippen LogP contribution in [0.5, 0.6) is 17.2 Å². The number of fused-ring (bicyclic) bond motifs is 2. The van der Waals surface area contributed by atoms with E-state index in [0.717, 1.165) is 41.6 Å². The molecule has 0 radical (unpaired) electrons. The lowest BCUT2D eigenvalue weighted by atomic mass is 10.1. The molecule has 0 spiro atoms. The Morgan fingerprint density at radius 1 is 0.859 bits per heavy atom. The summed E-state index contributed by atoms with van der Waals surface area (Å²) in [6.07, 6.45) is 13.6. The number of aromatic nitrogens is 4. The van der Waals surface area contributed by atoms with Gasteiger partial charge in [0.15, 0.2) is 11.5 Å². The van der Waals surface area contributed by atoms with Crippen molar-refractivity contribution in [3.63, 3.8) is 0 Å². The van der Waals surface area contributed by atoms with E-state index < -0.39 is 5.82 Å². The summed E-state index contributed by atoms with van der Waals surface area (Å²) < 4.78 is 47.1. The summed E-state index contributed by atoms with van der Waals surface area (Å²) in [5.41, 5.74) is 3.99. The molecule has 1 aliphatic rings. The van der Waals surface area contributed by atoms with Crippen molar-refractivity contribution >= 4 is 68.0 Å². The van der Waals surface area contributed by atoms with E-state index in [0.29, 0.717) is 90.7 Å². The van der Waals surface area contributed by atoms with Crippen LogP contribution in [0.4, 0.5) is 33.1 Å². The molecule has 1 saturated heterocycles. The lowest BCUT2D eigenvalue weighted by molar-refractivity contribution is -0.111. The third kappa shape index (κ3) is 13.4. The molecule has 0 aliphatic carbocycles. The summed E-state index contributed by atoms with van der Waals surface area (Å²) in [6, 6.07) is 19.1. The molecule has 0 bridgehead atoms. The van der Waals surface area contributed by atoms with Gasteiger partial charge in [-0.05, 0) is 75.5 Å². The molecule has 334 valence electrons. The number of carbonyl (C=O) groups excluding carboxylic acids is 1. The molecular formula is C47H50ClFN8O7. The molecule has 2 aromatic heterocycles. The van der Waals surface area contributed by atoms with Gasteiger partial charge in [-0.25, -0.2) is 24.3 Å². The van der Waals surface area contributed by atoms with Crippen molar-refractivity contribution in [2.24, 2.45) is 0 Å². The maximum Gasteiger partial charge on any atom is 0.248 e. The summed E-state index contributed by atoms with van der Waals surface area (Å²) in [5, 5.41) is 10.8. The molecule has 0 saturated carbocycles. The summed E-state index contributed by atoms with van der Waals surface area (Å²) in [6.45, 7) is 3.45. The van der Waals surface area contributed by atoms with E-state index in [1.807, 2.05) is 55.4 Å². The Morgan fingerprint density at radius 3 is 2.14 bits per heavy atom. The van der Waals surface area contributed by atoms with Gasteiger partial charge in [-0.2, -0.15) is 0 Å². The summed E-state index contributed by atoms with van der Waals surface area (Å²) >= 11 is 5.92. The number of terminal acetylenes is 1. The molecule has 1 fully saturated rings. The Kier molecular flexibility index (Phi) is 17.4. The monoisotopic (exact) mass is 892 g/mol. The van der Waals surface area contributed by atoms with Gasteiger partial charge in [-0.1, -0.05) is 29.7 Å². The van der Waals surface area contributed by atoms with E-state index in [1.54, 1.807) is 38.5 Å². The molecule has 7 rings (SSSR count). The van der Waals surface area contributed by atoms with Crippen LogP contribution in [0.3, 0.4) is 0 Å². The van der Waals surface area contributed by atoms with Crippen molar-refractivity contribution in [1.82, 2.24) is 24.8 Å². The highest BCUT2D eigenvalue weighted by Gasteiger charge is 2.19. The zero-order valence-corrected chi connectivity index (χ0v) is 36.8. The number of likely N-dealkylation sites (N-methyl/N-ethyl adjacent to an activating group) is 1. The minimum Gasteiger partial charge on any atom is -0.489 e. The first kappa shape index (κ1) is 46.9. The molecule has 3 heterocycles. The zero-order valence-electron chi connectivity index (χ0n) is 36.0. The van der Waals surface area contributed by atoms with Crippen LogP contribution in [-0.4, -0.2) is 111 Å². The van der Waals surface area contributed by atoms with Gasteiger partial charge in [-0.15, -0.1) is 6.42 Å². The maximum absolute atomic E-state index is 13.6. The molecular weight excluding hydrogens is 843 g/mol. The van der Waals surface area contributed by atoms with Crippen molar-refractivity contribution in [2.75, 3.05) is 90.5 Å². The van der Waals surface area contributed by atoms with Crippen molar-refractivity contribution in [2.45, 2.75) is 18.9 Å². The fourth-order valence-corrected chi connectivity index (χ4v) is 6.48. The Labute approximate surface area is 376 Å². The number of carbonyl (C=O) groups is 1.